The van der Waals surface area contributed by atoms with Gasteiger partial charge in [-0.25, -0.2) is 4.99 Å². The number of aliphatic imine (C=N–C) groups is 1. The molecule has 1 aromatic heterocycles. The lowest BCUT2D eigenvalue weighted by molar-refractivity contribution is -0.114. The number of amides is 1. The van der Waals surface area contributed by atoms with Crippen molar-refractivity contribution in [2.24, 2.45) is 4.99 Å². The molecule has 176 valence electrons. The first-order chi connectivity index (χ1) is 15.6. The van der Waals surface area contributed by atoms with Gasteiger partial charge in [-0.1, -0.05) is 30.3 Å². The predicted molar refractivity (Wildman–Crippen MR) is 142 cm³/mol. The molecule has 3 aromatic rings. The fourth-order valence-corrected chi connectivity index (χ4v) is 3.15. The number of carbonyl (C=O) groups excluding carboxylic acids is 1. The van der Waals surface area contributed by atoms with Crippen LogP contribution in [0.25, 0.3) is 0 Å². The van der Waals surface area contributed by atoms with Crippen LogP contribution in [0.4, 0.5) is 5.69 Å². The van der Waals surface area contributed by atoms with Gasteiger partial charge < -0.3 is 20.7 Å². The highest BCUT2D eigenvalue weighted by Crippen LogP contribution is 2.17. The van der Waals surface area contributed by atoms with Crippen molar-refractivity contribution in [3.63, 3.8) is 0 Å². The zero-order chi connectivity index (χ0) is 22.6. The normalized spacial score (nSPS) is 10.8. The number of nitrogens with one attached hydrogen (secondary N) is 3. The number of ether oxygens (including phenoxy) is 1. The number of anilines is 1. The van der Waals surface area contributed by atoms with Gasteiger partial charge in [-0.15, -0.1) is 24.0 Å². The topological polar surface area (TPSA) is 92.6 Å². The first-order valence-corrected chi connectivity index (χ1v) is 10.7. The van der Waals surface area contributed by atoms with Gasteiger partial charge in [0, 0.05) is 37.6 Å². The van der Waals surface area contributed by atoms with Crippen molar-refractivity contribution in [2.75, 3.05) is 25.0 Å². The van der Waals surface area contributed by atoms with Crippen LogP contribution < -0.4 is 20.7 Å². The Morgan fingerprint density at radius 1 is 1.09 bits per heavy atom. The van der Waals surface area contributed by atoms with E-state index >= 15 is 0 Å². The lowest BCUT2D eigenvalue weighted by Gasteiger charge is -2.13. The first-order valence-electron chi connectivity index (χ1n) is 10.7. The molecule has 0 aliphatic heterocycles. The molecule has 1 heterocycles. The van der Waals surface area contributed by atoms with Crippen LogP contribution >= 0.6 is 24.0 Å². The maximum absolute atomic E-state index is 11.2. The maximum atomic E-state index is 11.2. The average molecular weight is 562 g/mol. The molecular weight excluding hydrogens is 531 g/mol. The molecule has 0 fully saturated rings. The summed E-state index contributed by atoms with van der Waals surface area (Å²) in [4.78, 5) is 15.9. The standard InChI is InChI=1S/C24H30N6O2.HI/c1-3-25-24(26-13-15-32-23-11-6-10-22(16-23)29-19(2)31)27-17-20-8-4-5-9-21(20)18-30-14-7-12-28-30;/h4-12,14,16H,3,13,15,17-18H2,1-2H3,(H,29,31)(H2,25,26,27);1H. The maximum Gasteiger partial charge on any atom is 0.221 e. The van der Waals surface area contributed by atoms with E-state index < -0.39 is 0 Å². The molecular formula is C24H31IN6O2. The molecule has 0 saturated carbocycles. The minimum Gasteiger partial charge on any atom is -0.492 e. The Hall–Kier alpha value is -3.08. The van der Waals surface area contributed by atoms with Crippen LogP contribution in [0.2, 0.25) is 0 Å². The van der Waals surface area contributed by atoms with Gasteiger partial charge in [-0.2, -0.15) is 5.10 Å². The molecule has 0 unspecified atom stereocenters. The highest BCUT2D eigenvalue weighted by atomic mass is 127. The molecule has 2 aromatic carbocycles. The number of carbonyl (C=O) groups is 1. The highest BCUT2D eigenvalue weighted by Gasteiger charge is 2.04. The Bertz CT molecular complexity index is 1020. The van der Waals surface area contributed by atoms with Crippen molar-refractivity contribution in [1.29, 1.82) is 0 Å². The number of aromatic nitrogens is 2. The van der Waals surface area contributed by atoms with Crippen LogP contribution in [0.15, 0.2) is 72.0 Å². The summed E-state index contributed by atoms with van der Waals surface area (Å²) < 4.78 is 7.70. The van der Waals surface area contributed by atoms with Crippen molar-refractivity contribution in [2.45, 2.75) is 26.9 Å². The number of hydrogen-bond donors (Lipinski definition) is 3. The Morgan fingerprint density at radius 3 is 2.64 bits per heavy atom. The molecule has 3 N–H and O–H groups in total. The second-order valence-corrected chi connectivity index (χ2v) is 7.15. The third kappa shape index (κ3) is 9.13. The number of hydrogen-bond acceptors (Lipinski definition) is 4. The molecule has 33 heavy (non-hydrogen) atoms. The van der Waals surface area contributed by atoms with Crippen LogP contribution in [-0.2, 0) is 17.9 Å². The number of guanidine groups is 1. The summed E-state index contributed by atoms with van der Waals surface area (Å²) in [6.07, 6.45) is 3.74. The molecule has 0 aliphatic carbocycles. The van der Waals surface area contributed by atoms with Gasteiger partial charge in [0.2, 0.25) is 5.91 Å². The Labute approximate surface area is 211 Å². The molecule has 0 radical (unpaired) electrons. The number of rotatable bonds is 10. The molecule has 8 nitrogen and oxygen atoms in total. The van der Waals surface area contributed by atoms with Gasteiger partial charge in [0.05, 0.1) is 19.6 Å². The second-order valence-electron chi connectivity index (χ2n) is 7.15. The first kappa shape index (κ1) is 26.2. The zero-order valence-electron chi connectivity index (χ0n) is 19.0. The summed E-state index contributed by atoms with van der Waals surface area (Å²) in [6.45, 7) is 6.61. The lowest BCUT2D eigenvalue weighted by Crippen LogP contribution is -2.39. The van der Waals surface area contributed by atoms with Gasteiger partial charge in [0.25, 0.3) is 0 Å². The van der Waals surface area contributed by atoms with Crippen LogP contribution in [0.3, 0.4) is 0 Å². The average Bonchev–Trinajstić information content (AvgIpc) is 3.29. The minimum absolute atomic E-state index is 0. The van der Waals surface area contributed by atoms with E-state index in [1.807, 2.05) is 54.2 Å². The molecule has 9 heteroatoms. The predicted octanol–water partition coefficient (Wildman–Crippen LogP) is 3.64. The highest BCUT2D eigenvalue weighted by molar-refractivity contribution is 14.0. The van der Waals surface area contributed by atoms with Crippen LogP contribution in [0.5, 0.6) is 5.75 Å². The largest absolute Gasteiger partial charge is 0.492 e. The third-order valence-corrected chi connectivity index (χ3v) is 4.58. The van der Waals surface area contributed by atoms with Crippen molar-refractivity contribution in [3.05, 3.63) is 78.1 Å². The summed E-state index contributed by atoms with van der Waals surface area (Å²) in [5.74, 6) is 1.33. The molecule has 0 saturated heterocycles. The van der Waals surface area contributed by atoms with E-state index in [4.69, 9.17) is 9.73 Å². The van der Waals surface area contributed by atoms with E-state index in [0.717, 1.165) is 18.1 Å². The molecule has 3 rings (SSSR count). The quantitative estimate of drug-likeness (QED) is 0.152. The fraction of sp³-hybridized carbons (Fsp3) is 0.292. The SMILES string of the molecule is CCNC(=NCc1ccccc1Cn1cccn1)NCCOc1cccc(NC(C)=O)c1.I. The van der Waals surface area contributed by atoms with Crippen LogP contribution in [0, 0.1) is 0 Å². The van der Waals surface area contributed by atoms with Gasteiger partial charge >= 0.3 is 0 Å². The van der Waals surface area contributed by atoms with E-state index in [-0.39, 0.29) is 29.9 Å². The smallest absolute Gasteiger partial charge is 0.221 e. The number of nitrogens with zero attached hydrogens (tertiary/aromatic N) is 3. The third-order valence-electron chi connectivity index (χ3n) is 4.58. The van der Waals surface area contributed by atoms with Gasteiger partial charge in [0.1, 0.15) is 12.4 Å². The fourth-order valence-electron chi connectivity index (χ4n) is 3.15. The second kappa shape index (κ2) is 14.1. The van der Waals surface area contributed by atoms with E-state index in [2.05, 4.69) is 33.2 Å². The summed E-state index contributed by atoms with van der Waals surface area (Å²) in [5, 5.41) is 13.6. The number of halogens is 1. The Morgan fingerprint density at radius 2 is 1.91 bits per heavy atom. The van der Waals surface area contributed by atoms with Crippen molar-refractivity contribution in [3.8, 4) is 5.75 Å². The number of benzene rings is 2. The van der Waals surface area contributed by atoms with Gasteiger partial charge in [0.15, 0.2) is 5.96 Å². The molecule has 0 atom stereocenters. The van der Waals surface area contributed by atoms with Gasteiger partial charge in [-0.3, -0.25) is 9.48 Å². The molecule has 0 spiro atoms. The van der Waals surface area contributed by atoms with Gasteiger partial charge in [-0.05, 0) is 36.2 Å². The minimum atomic E-state index is -0.110. The summed E-state index contributed by atoms with van der Waals surface area (Å²) in [6, 6.07) is 17.5. The van der Waals surface area contributed by atoms with E-state index in [1.165, 1.54) is 12.5 Å². The summed E-state index contributed by atoms with van der Waals surface area (Å²) in [7, 11) is 0. The van der Waals surface area contributed by atoms with Crippen LogP contribution in [-0.4, -0.2) is 41.3 Å². The molecule has 0 aliphatic rings. The van der Waals surface area contributed by atoms with Crippen molar-refractivity contribution in [1.82, 2.24) is 20.4 Å². The molecule has 0 bridgehead atoms. The Kier molecular flexibility index (Phi) is 11.2. The van der Waals surface area contributed by atoms with E-state index in [9.17, 15) is 4.79 Å². The van der Waals surface area contributed by atoms with E-state index in [0.29, 0.717) is 37.7 Å². The zero-order valence-corrected chi connectivity index (χ0v) is 21.3. The Balaban J connectivity index is 0.00000385. The lowest BCUT2D eigenvalue weighted by atomic mass is 10.1. The van der Waals surface area contributed by atoms with Crippen LogP contribution in [0.1, 0.15) is 25.0 Å². The summed E-state index contributed by atoms with van der Waals surface area (Å²) >= 11 is 0. The van der Waals surface area contributed by atoms with E-state index in [1.54, 1.807) is 12.3 Å². The molecule has 1 amide bonds. The monoisotopic (exact) mass is 562 g/mol. The van der Waals surface area contributed by atoms with Crippen molar-refractivity contribution < 1.29 is 9.53 Å². The summed E-state index contributed by atoms with van der Waals surface area (Å²) in [5.41, 5.74) is 3.07. The van der Waals surface area contributed by atoms with Crippen molar-refractivity contribution >= 4 is 41.5 Å².